The molecule has 0 spiro atoms. The number of amides is 3. The predicted octanol–water partition coefficient (Wildman–Crippen LogP) is 3.75. The van der Waals surface area contributed by atoms with Crippen molar-refractivity contribution >= 4 is 17.9 Å². The number of carbonyl (C=O) groups is 3. The Balaban J connectivity index is 2.28. The van der Waals surface area contributed by atoms with Crippen molar-refractivity contribution in [2.75, 3.05) is 46.7 Å². The van der Waals surface area contributed by atoms with Crippen LogP contribution in [0.3, 0.4) is 0 Å². The van der Waals surface area contributed by atoms with E-state index in [0.717, 1.165) is 11.1 Å². The van der Waals surface area contributed by atoms with Gasteiger partial charge in [-0.2, -0.15) is 4.90 Å². The fourth-order valence-electron chi connectivity index (χ4n) is 4.94. The van der Waals surface area contributed by atoms with E-state index in [9.17, 15) is 19.5 Å². The number of rotatable bonds is 20. The molecule has 47 heavy (non-hydrogen) atoms. The molecule has 4 atom stereocenters. The van der Waals surface area contributed by atoms with E-state index in [1.54, 1.807) is 27.9 Å². The third-order valence-corrected chi connectivity index (χ3v) is 7.37. The molecule has 2 rings (SSSR count). The molecule has 0 heterocycles. The number of hydrogen-bond acceptors (Lipinski definition) is 10. The van der Waals surface area contributed by atoms with E-state index in [1.807, 2.05) is 74.5 Å². The number of imide groups is 3. The maximum Gasteiger partial charge on any atom is 0.424 e. The minimum atomic E-state index is -1.09. The van der Waals surface area contributed by atoms with Crippen LogP contribution in [-0.4, -0.2) is 98.4 Å². The van der Waals surface area contributed by atoms with E-state index < -0.39 is 47.6 Å². The lowest BCUT2D eigenvalue weighted by atomic mass is 9.88. The van der Waals surface area contributed by atoms with Crippen LogP contribution < -0.4 is 11.1 Å². The molecule has 3 amide bonds. The zero-order chi connectivity index (χ0) is 34.8. The average Bonchev–Trinajstić information content (AvgIpc) is 3.01. The van der Waals surface area contributed by atoms with Gasteiger partial charge in [0.05, 0.1) is 45.2 Å². The minimum Gasteiger partial charge on any atom is -0.443 e. The summed E-state index contributed by atoms with van der Waals surface area (Å²) in [6.07, 6.45) is -1.64. The third-order valence-electron chi connectivity index (χ3n) is 7.37. The van der Waals surface area contributed by atoms with Crippen molar-refractivity contribution in [3.8, 4) is 0 Å². The number of aliphatic hydroxyl groups is 1. The number of benzene rings is 2. The molecule has 1 unspecified atom stereocenters. The molecule has 0 aromatic heterocycles. The van der Waals surface area contributed by atoms with Gasteiger partial charge in [0.2, 0.25) is 5.91 Å². The van der Waals surface area contributed by atoms with Crippen LogP contribution in [0.2, 0.25) is 0 Å². The normalized spacial score (nSPS) is 14.3. The maximum absolute atomic E-state index is 14.4. The van der Waals surface area contributed by atoms with Gasteiger partial charge in [0.1, 0.15) is 5.60 Å². The molecule has 0 saturated carbocycles. The number of nitrogens with two attached hydrogens (primary N) is 1. The van der Waals surface area contributed by atoms with Gasteiger partial charge in [-0.25, -0.2) is 4.79 Å². The number of carbonyl (C=O) groups excluding carboxylic acids is 3. The molecule has 262 valence electrons. The van der Waals surface area contributed by atoms with Crippen LogP contribution in [0.15, 0.2) is 60.7 Å². The summed E-state index contributed by atoms with van der Waals surface area (Å²) in [4.78, 5) is 42.7. The molecule has 2 aromatic carbocycles. The second kappa shape index (κ2) is 20.9. The summed E-state index contributed by atoms with van der Waals surface area (Å²) in [5.74, 6) is -2.71. The molecule has 0 radical (unpaired) electrons. The lowest BCUT2D eigenvalue weighted by Crippen LogP contribution is -2.56. The van der Waals surface area contributed by atoms with E-state index in [2.05, 4.69) is 5.32 Å². The fraction of sp³-hybridized carbons (Fsp3) is 0.583. The largest absolute Gasteiger partial charge is 0.443 e. The topological polar surface area (TPSA) is 150 Å². The van der Waals surface area contributed by atoms with Crippen LogP contribution in [-0.2, 0) is 41.4 Å². The molecule has 4 N–H and O–H groups in total. The van der Waals surface area contributed by atoms with Gasteiger partial charge < -0.3 is 35.1 Å². The minimum absolute atomic E-state index is 0.0611. The van der Waals surface area contributed by atoms with Crippen LogP contribution in [0.25, 0.3) is 0 Å². The molecule has 0 fully saturated rings. The molecular formula is C36H55N3O8. The van der Waals surface area contributed by atoms with E-state index in [4.69, 9.17) is 24.7 Å². The van der Waals surface area contributed by atoms with E-state index in [-0.39, 0.29) is 25.4 Å². The first-order chi connectivity index (χ1) is 22.3. The quantitative estimate of drug-likeness (QED) is 0.180. The molecule has 0 saturated heterocycles. The van der Waals surface area contributed by atoms with Crippen molar-refractivity contribution in [2.24, 2.45) is 17.6 Å². The van der Waals surface area contributed by atoms with Gasteiger partial charge in [-0.05, 0) is 57.1 Å². The highest BCUT2D eigenvalue weighted by Crippen LogP contribution is 2.23. The van der Waals surface area contributed by atoms with Crippen molar-refractivity contribution in [1.29, 1.82) is 0 Å². The summed E-state index contributed by atoms with van der Waals surface area (Å²) in [6, 6.07) is 17.2. The predicted molar refractivity (Wildman–Crippen MR) is 181 cm³/mol. The van der Waals surface area contributed by atoms with Crippen LogP contribution >= 0.6 is 0 Å². The number of ether oxygens (including phenoxy) is 4. The summed E-state index contributed by atoms with van der Waals surface area (Å²) in [5.41, 5.74) is 7.20. The maximum atomic E-state index is 14.4. The highest BCUT2D eigenvalue weighted by Gasteiger charge is 2.41. The Labute approximate surface area is 280 Å². The number of nitrogens with one attached hydrogen (secondary N) is 1. The number of aliphatic hydroxyl groups excluding tert-OH is 1. The van der Waals surface area contributed by atoms with Crippen molar-refractivity contribution in [3.05, 3.63) is 71.8 Å². The summed E-state index contributed by atoms with van der Waals surface area (Å²) in [5, 5.41) is 14.4. The first-order valence-corrected chi connectivity index (χ1v) is 16.3. The fourth-order valence-corrected chi connectivity index (χ4v) is 4.94. The second-order valence-corrected chi connectivity index (χ2v) is 12.9. The monoisotopic (exact) mass is 657 g/mol. The highest BCUT2D eigenvalue weighted by atomic mass is 16.6. The molecule has 2 aromatic rings. The number of hydrogen-bond donors (Lipinski definition) is 3. The van der Waals surface area contributed by atoms with Gasteiger partial charge in [0.15, 0.2) is 0 Å². The van der Waals surface area contributed by atoms with Crippen LogP contribution in [0, 0.1) is 11.8 Å². The Kier molecular flexibility index (Phi) is 17.8. The van der Waals surface area contributed by atoms with Crippen LogP contribution in [0.5, 0.6) is 0 Å². The zero-order valence-corrected chi connectivity index (χ0v) is 28.9. The van der Waals surface area contributed by atoms with Gasteiger partial charge in [0.25, 0.3) is 5.91 Å². The van der Waals surface area contributed by atoms with Gasteiger partial charge >= 0.3 is 6.09 Å². The Morgan fingerprint density at radius 1 is 0.830 bits per heavy atom. The number of nitrogens with zero attached hydrogens (tertiary/aromatic N) is 1. The van der Waals surface area contributed by atoms with Crippen LogP contribution in [0.4, 0.5) is 4.79 Å². The molecular weight excluding hydrogens is 602 g/mol. The summed E-state index contributed by atoms with van der Waals surface area (Å²) in [7, 11) is 1.60. The zero-order valence-electron chi connectivity index (χ0n) is 28.9. The van der Waals surface area contributed by atoms with Crippen molar-refractivity contribution in [3.63, 3.8) is 0 Å². The van der Waals surface area contributed by atoms with Crippen molar-refractivity contribution < 1.29 is 38.4 Å². The summed E-state index contributed by atoms with van der Waals surface area (Å²) < 4.78 is 21.5. The van der Waals surface area contributed by atoms with Gasteiger partial charge in [-0.15, -0.1) is 0 Å². The SMILES string of the molecule is COCCOCCOCCNC(C(=O)N(C(=O)OC(C)(C)C)C(=O)[C@H](Cc1ccccc1)C[C@H](O)[C@@H](N)Cc1ccccc1)C(C)C. The Bertz CT molecular complexity index is 1190. The molecule has 0 bridgehead atoms. The Morgan fingerprint density at radius 2 is 1.36 bits per heavy atom. The third kappa shape index (κ3) is 15.1. The molecule has 0 aliphatic rings. The molecule has 11 nitrogen and oxygen atoms in total. The highest BCUT2D eigenvalue weighted by molar-refractivity contribution is 6.11. The van der Waals surface area contributed by atoms with Crippen molar-refractivity contribution in [2.45, 2.75) is 77.7 Å². The average molecular weight is 658 g/mol. The summed E-state index contributed by atoms with van der Waals surface area (Å²) in [6.45, 7) is 11.0. The Hall–Kier alpha value is -3.19. The van der Waals surface area contributed by atoms with Gasteiger partial charge in [-0.3, -0.25) is 9.59 Å². The van der Waals surface area contributed by atoms with E-state index in [1.165, 1.54) is 0 Å². The van der Waals surface area contributed by atoms with Crippen LogP contribution in [0.1, 0.15) is 52.2 Å². The van der Waals surface area contributed by atoms with E-state index >= 15 is 0 Å². The lowest BCUT2D eigenvalue weighted by Gasteiger charge is -2.32. The smallest absolute Gasteiger partial charge is 0.424 e. The van der Waals surface area contributed by atoms with Gasteiger partial charge in [0, 0.05) is 25.6 Å². The first-order valence-electron chi connectivity index (χ1n) is 16.3. The summed E-state index contributed by atoms with van der Waals surface area (Å²) >= 11 is 0. The van der Waals surface area contributed by atoms with Crippen molar-refractivity contribution in [1.82, 2.24) is 10.2 Å². The van der Waals surface area contributed by atoms with Gasteiger partial charge in [-0.1, -0.05) is 74.5 Å². The second-order valence-electron chi connectivity index (χ2n) is 12.9. The first kappa shape index (κ1) is 40.0. The molecule has 11 heteroatoms. The van der Waals surface area contributed by atoms with E-state index in [0.29, 0.717) is 44.3 Å². The molecule has 0 aliphatic heterocycles. The standard InChI is InChI=1S/C36H55N3O8/c1-26(2)32(38-17-18-45-21-22-46-20-19-44-6)34(42)39(35(43)47-36(3,4)5)33(41)29(23-27-13-9-7-10-14-27)25-31(40)30(37)24-28-15-11-8-12-16-28/h7-16,26,29-32,38,40H,17-25,37H2,1-6H3/t29-,30+,31+,32?/m1/s1. The number of methoxy groups -OCH3 is 1. The molecule has 0 aliphatic carbocycles. The lowest BCUT2D eigenvalue weighted by molar-refractivity contribution is -0.148. The Morgan fingerprint density at radius 3 is 1.89 bits per heavy atom.